The zero-order valence-corrected chi connectivity index (χ0v) is 15.1. The Labute approximate surface area is 141 Å². The molecule has 0 saturated heterocycles. The Kier molecular flexibility index (Phi) is 6.36. The van der Waals surface area contributed by atoms with E-state index in [2.05, 4.69) is 46.0 Å². The molecule has 126 valence electrons. The molecule has 0 radical (unpaired) electrons. The van der Waals surface area contributed by atoms with Gasteiger partial charge in [-0.3, -0.25) is 9.69 Å². The molecule has 0 aliphatic carbocycles. The summed E-state index contributed by atoms with van der Waals surface area (Å²) >= 11 is 1.69. The fraction of sp³-hybridized carbons (Fsp3) is 0.529. The van der Waals surface area contributed by atoms with Gasteiger partial charge in [0.15, 0.2) is 0 Å². The van der Waals surface area contributed by atoms with E-state index >= 15 is 0 Å². The first-order valence-corrected chi connectivity index (χ1v) is 8.95. The van der Waals surface area contributed by atoms with Gasteiger partial charge in [0.1, 0.15) is 5.76 Å². The number of aryl methyl sites for hydroxylation is 2. The lowest BCUT2D eigenvalue weighted by Gasteiger charge is -2.29. The van der Waals surface area contributed by atoms with Crippen molar-refractivity contribution in [3.05, 3.63) is 39.4 Å². The van der Waals surface area contributed by atoms with E-state index in [4.69, 9.17) is 4.52 Å². The molecule has 0 aromatic carbocycles. The number of carbonyl (C=O) groups excluding carboxylic acids is 1. The number of carbonyl (C=O) groups is 1. The van der Waals surface area contributed by atoms with E-state index in [0.29, 0.717) is 13.0 Å². The van der Waals surface area contributed by atoms with Gasteiger partial charge in [0.25, 0.3) is 0 Å². The quantitative estimate of drug-likeness (QED) is 0.805. The van der Waals surface area contributed by atoms with Crippen LogP contribution < -0.4 is 5.32 Å². The maximum atomic E-state index is 12.3. The molecule has 0 fully saturated rings. The van der Waals surface area contributed by atoms with Gasteiger partial charge >= 0.3 is 0 Å². The van der Waals surface area contributed by atoms with Crippen LogP contribution in [0, 0.1) is 13.8 Å². The van der Waals surface area contributed by atoms with E-state index in [9.17, 15) is 4.79 Å². The number of nitrogens with one attached hydrogen (secondary N) is 1. The summed E-state index contributed by atoms with van der Waals surface area (Å²) in [5.41, 5.74) is 2.93. The molecule has 1 unspecified atom stereocenters. The molecule has 23 heavy (non-hydrogen) atoms. The second-order valence-corrected chi connectivity index (χ2v) is 6.36. The molecule has 1 atom stereocenters. The minimum absolute atomic E-state index is 0.00628. The molecule has 0 spiro atoms. The van der Waals surface area contributed by atoms with Crippen LogP contribution in [0.5, 0.6) is 0 Å². The summed E-state index contributed by atoms with van der Waals surface area (Å²) in [4.78, 5) is 14.7. The SMILES string of the molecule is CCN(CC)C(CNC(=O)Cc1c(C)noc1C)c1ccsc1. The molecule has 1 amide bonds. The highest BCUT2D eigenvalue weighted by Crippen LogP contribution is 2.22. The van der Waals surface area contributed by atoms with Crippen LogP contribution in [0.2, 0.25) is 0 Å². The molecule has 0 aliphatic rings. The van der Waals surface area contributed by atoms with Gasteiger partial charge in [-0.1, -0.05) is 19.0 Å². The van der Waals surface area contributed by atoms with Gasteiger partial charge in [0.05, 0.1) is 18.2 Å². The monoisotopic (exact) mass is 335 g/mol. The number of aromatic nitrogens is 1. The van der Waals surface area contributed by atoms with Crippen LogP contribution >= 0.6 is 11.3 Å². The predicted molar refractivity (Wildman–Crippen MR) is 92.7 cm³/mol. The van der Waals surface area contributed by atoms with Gasteiger partial charge in [-0.25, -0.2) is 0 Å². The Balaban J connectivity index is 1.99. The molecule has 0 bridgehead atoms. The first kappa shape index (κ1) is 17.7. The molecule has 2 aromatic heterocycles. The second-order valence-electron chi connectivity index (χ2n) is 5.58. The molecule has 0 aliphatic heterocycles. The molecule has 2 aromatic rings. The third-order valence-electron chi connectivity index (χ3n) is 4.19. The zero-order chi connectivity index (χ0) is 16.8. The van der Waals surface area contributed by atoms with Gasteiger partial charge in [-0.2, -0.15) is 11.3 Å². The first-order valence-electron chi connectivity index (χ1n) is 8.01. The van der Waals surface area contributed by atoms with Crippen LogP contribution in [0.4, 0.5) is 0 Å². The van der Waals surface area contributed by atoms with Crippen molar-refractivity contribution in [2.75, 3.05) is 19.6 Å². The van der Waals surface area contributed by atoms with Crippen LogP contribution in [-0.2, 0) is 11.2 Å². The van der Waals surface area contributed by atoms with E-state index < -0.39 is 0 Å². The van der Waals surface area contributed by atoms with Gasteiger partial charge < -0.3 is 9.84 Å². The normalized spacial score (nSPS) is 12.6. The Hall–Kier alpha value is -1.66. The van der Waals surface area contributed by atoms with Crippen LogP contribution in [0.25, 0.3) is 0 Å². The minimum Gasteiger partial charge on any atom is -0.361 e. The Morgan fingerprint density at radius 3 is 2.65 bits per heavy atom. The summed E-state index contributed by atoms with van der Waals surface area (Å²) in [6.45, 7) is 10.5. The summed E-state index contributed by atoms with van der Waals surface area (Å²) in [5, 5.41) is 11.2. The standard InChI is InChI=1S/C17H25N3O2S/c1-5-20(6-2)16(14-7-8-23-11-14)10-18-17(21)9-15-12(3)19-22-13(15)4/h7-8,11,16H,5-6,9-10H2,1-4H3,(H,18,21). The van der Waals surface area contributed by atoms with E-state index in [1.54, 1.807) is 11.3 Å². The average Bonchev–Trinajstić information content (AvgIpc) is 3.17. The summed E-state index contributed by atoms with van der Waals surface area (Å²) < 4.78 is 5.12. The molecule has 2 rings (SSSR count). The molecule has 2 heterocycles. The van der Waals surface area contributed by atoms with Crippen LogP contribution in [0.1, 0.15) is 42.5 Å². The van der Waals surface area contributed by atoms with Crippen molar-refractivity contribution in [1.82, 2.24) is 15.4 Å². The van der Waals surface area contributed by atoms with Gasteiger partial charge in [-0.15, -0.1) is 0 Å². The number of likely N-dealkylation sites (N-methyl/N-ethyl adjacent to an activating group) is 1. The van der Waals surface area contributed by atoms with Crippen LogP contribution in [0.3, 0.4) is 0 Å². The largest absolute Gasteiger partial charge is 0.361 e. The van der Waals surface area contributed by atoms with E-state index in [1.807, 2.05) is 13.8 Å². The maximum Gasteiger partial charge on any atom is 0.224 e. The van der Waals surface area contributed by atoms with Crippen molar-refractivity contribution < 1.29 is 9.32 Å². The van der Waals surface area contributed by atoms with E-state index in [-0.39, 0.29) is 11.9 Å². The van der Waals surface area contributed by atoms with E-state index in [0.717, 1.165) is 30.1 Å². The fourth-order valence-electron chi connectivity index (χ4n) is 2.77. The minimum atomic E-state index is 0.00628. The molecule has 1 N–H and O–H groups in total. The number of hydrogen-bond donors (Lipinski definition) is 1. The predicted octanol–water partition coefficient (Wildman–Crippen LogP) is 3.09. The number of rotatable bonds is 8. The van der Waals surface area contributed by atoms with Crippen LogP contribution in [-0.4, -0.2) is 35.6 Å². The summed E-state index contributed by atoms with van der Waals surface area (Å²) in [7, 11) is 0. The van der Waals surface area contributed by atoms with Gasteiger partial charge in [-0.05, 0) is 49.3 Å². The van der Waals surface area contributed by atoms with Gasteiger partial charge in [0.2, 0.25) is 5.91 Å². The summed E-state index contributed by atoms with van der Waals surface area (Å²) in [6.07, 6.45) is 0.315. The molecule has 5 nitrogen and oxygen atoms in total. The summed E-state index contributed by atoms with van der Waals surface area (Å²) in [5.74, 6) is 0.725. The highest BCUT2D eigenvalue weighted by Gasteiger charge is 2.20. The maximum absolute atomic E-state index is 12.3. The molecular weight excluding hydrogens is 310 g/mol. The number of nitrogens with zero attached hydrogens (tertiary/aromatic N) is 2. The third-order valence-corrected chi connectivity index (χ3v) is 4.89. The summed E-state index contributed by atoms with van der Waals surface area (Å²) in [6, 6.07) is 2.35. The van der Waals surface area contributed by atoms with Gasteiger partial charge in [0, 0.05) is 12.1 Å². The fourth-order valence-corrected chi connectivity index (χ4v) is 3.48. The lowest BCUT2D eigenvalue weighted by Crippen LogP contribution is -2.38. The molecule has 6 heteroatoms. The van der Waals surface area contributed by atoms with Crippen molar-refractivity contribution in [3.63, 3.8) is 0 Å². The van der Waals surface area contributed by atoms with Crippen LogP contribution in [0.15, 0.2) is 21.3 Å². The Morgan fingerprint density at radius 1 is 1.39 bits per heavy atom. The van der Waals surface area contributed by atoms with E-state index in [1.165, 1.54) is 5.56 Å². The lowest BCUT2D eigenvalue weighted by molar-refractivity contribution is -0.120. The highest BCUT2D eigenvalue weighted by molar-refractivity contribution is 7.07. The third kappa shape index (κ3) is 4.42. The topological polar surface area (TPSA) is 58.4 Å². The number of thiophene rings is 1. The van der Waals surface area contributed by atoms with Crippen molar-refractivity contribution in [2.45, 2.75) is 40.2 Å². The lowest BCUT2D eigenvalue weighted by atomic mass is 10.1. The Bertz CT molecular complexity index is 598. The average molecular weight is 335 g/mol. The molecular formula is C17H25N3O2S. The van der Waals surface area contributed by atoms with Crippen molar-refractivity contribution >= 4 is 17.2 Å². The van der Waals surface area contributed by atoms with Crippen molar-refractivity contribution in [2.24, 2.45) is 0 Å². The first-order chi connectivity index (χ1) is 11.1. The van der Waals surface area contributed by atoms with Crippen molar-refractivity contribution in [1.29, 1.82) is 0 Å². The smallest absolute Gasteiger partial charge is 0.224 e. The Morgan fingerprint density at radius 2 is 2.13 bits per heavy atom. The number of amides is 1. The molecule has 0 saturated carbocycles. The highest BCUT2D eigenvalue weighted by atomic mass is 32.1. The second kappa shape index (κ2) is 8.26. The zero-order valence-electron chi connectivity index (χ0n) is 14.3. The van der Waals surface area contributed by atoms with Crippen molar-refractivity contribution in [3.8, 4) is 0 Å². The number of hydrogen-bond acceptors (Lipinski definition) is 5.